The van der Waals surface area contributed by atoms with E-state index >= 15 is 0 Å². The second kappa shape index (κ2) is 6.64. The number of aromatic nitrogens is 1. The van der Waals surface area contributed by atoms with E-state index < -0.39 is 5.97 Å². The second-order valence-electron chi connectivity index (χ2n) is 4.40. The minimum Gasteiger partial charge on any atom is -0.478 e. The number of rotatable bonds is 6. The highest BCUT2D eigenvalue weighted by molar-refractivity contribution is 7.98. The largest absolute Gasteiger partial charge is 0.478 e. The van der Waals surface area contributed by atoms with E-state index in [-0.39, 0.29) is 0 Å². The van der Waals surface area contributed by atoms with Gasteiger partial charge in [0.1, 0.15) is 5.82 Å². The number of hydrogen-bond acceptors (Lipinski definition) is 4. The number of carboxylic acid groups (broad SMARTS) is 1. The Kier molecular flexibility index (Phi) is 5.47. The molecule has 1 aromatic heterocycles. The molecule has 0 radical (unpaired) electrons. The van der Waals surface area contributed by atoms with Crippen molar-refractivity contribution in [2.45, 2.75) is 26.3 Å². The normalized spacial score (nSPS) is 12.2. The van der Waals surface area contributed by atoms with Crippen LogP contribution in [0.5, 0.6) is 0 Å². The molecular formula is C13H20N2O2S. The van der Waals surface area contributed by atoms with Gasteiger partial charge in [0.2, 0.25) is 0 Å². The number of carboxylic acids is 1. The summed E-state index contributed by atoms with van der Waals surface area (Å²) in [5.74, 6) is 0.899. The number of hydrogen-bond donors (Lipinski definition) is 1. The van der Waals surface area contributed by atoms with Crippen LogP contribution in [0.15, 0.2) is 12.1 Å². The van der Waals surface area contributed by atoms with Crippen LogP contribution in [-0.4, -0.2) is 41.2 Å². The van der Waals surface area contributed by atoms with E-state index in [4.69, 9.17) is 5.11 Å². The van der Waals surface area contributed by atoms with Crippen LogP contribution < -0.4 is 4.90 Å². The van der Waals surface area contributed by atoms with Gasteiger partial charge < -0.3 is 10.0 Å². The molecule has 0 saturated carbocycles. The average molecular weight is 268 g/mol. The van der Waals surface area contributed by atoms with Crippen LogP contribution in [0.3, 0.4) is 0 Å². The molecule has 0 saturated heterocycles. The highest BCUT2D eigenvalue weighted by atomic mass is 32.2. The van der Waals surface area contributed by atoms with Gasteiger partial charge in [-0.1, -0.05) is 0 Å². The van der Waals surface area contributed by atoms with Crippen molar-refractivity contribution >= 4 is 23.5 Å². The Morgan fingerprint density at radius 3 is 2.78 bits per heavy atom. The van der Waals surface area contributed by atoms with Crippen LogP contribution in [0.2, 0.25) is 0 Å². The minimum absolute atomic E-state index is 0.293. The second-order valence-corrected chi connectivity index (χ2v) is 5.39. The lowest BCUT2D eigenvalue weighted by molar-refractivity contribution is 0.0696. The maximum absolute atomic E-state index is 11.0. The van der Waals surface area contributed by atoms with Crippen molar-refractivity contribution in [1.29, 1.82) is 0 Å². The number of thioether (sulfide) groups is 1. The van der Waals surface area contributed by atoms with E-state index in [1.165, 1.54) is 0 Å². The maximum atomic E-state index is 11.0. The fourth-order valence-corrected chi connectivity index (χ4v) is 2.24. The van der Waals surface area contributed by atoms with Gasteiger partial charge in [0, 0.05) is 18.8 Å². The SMILES string of the molecule is CSCCC(C)N(C)c1cc(C(=O)O)cc(C)n1. The number of anilines is 1. The van der Waals surface area contributed by atoms with Crippen molar-refractivity contribution in [3.63, 3.8) is 0 Å². The third kappa shape index (κ3) is 3.91. The molecule has 1 atom stereocenters. The number of aromatic carboxylic acids is 1. The van der Waals surface area contributed by atoms with Gasteiger partial charge in [0.25, 0.3) is 0 Å². The number of pyridine rings is 1. The first kappa shape index (κ1) is 14.8. The summed E-state index contributed by atoms with van der Waals surface area (Å²) in [4.78, 5) is 17.5. The molecule has 0 aliphatic carbocycles. The lowest BCUT2D eigenvalue weighted by atomic mass is 10.2. The Morgan fingerprint density at radius 1 is 1.56 bits per heavy atom. The summed E-state index contributed by atoms with van der Waals surface area (Å²) in [6, 6.07) is 3.56. The van der Waals surface area contributed by atoms with Crippen LogP contribution in [0.25, 0.3) is 0 Å². The summed E-state index contributed by atoms with van der Waals surface area (Å²) < 4.78 is 0. The Bertz CT molecular complexity index is 423. The maximum Gasteiger partial charge on any atom is 0.335 e. The van der Waals surface area contributed by atoms with Gasteiger partial charge in [-0.15, -0.1) is 0 Å². The van der Waals surface area contributed by atoms with Crippen molar-refractivity contribution in [1.82, 2.24) is 4.98 Å². The highest BCUT2D eigenvalue weighted by Gasteiger charge is 2.14. The summed E-state index contributed by atoms with van der Waals surface area (Å²) in [7, 11) is 1.96. The molecule has 1 rings (SSSR count). The Morgan fingerprint density at radius 2 is 2.22 bits per heavy atom. The van der Waals surface area contributed by atoms with E-state index in [1.54, 1.807) is 12.1 Å². The van der Waals surface area contributed by atoms with E-state index in [1.807, 2.05) is 30.6 Å². The van der Waals surface area contributed by atoms with Crippen LogP contribution in [0, 0.1) is 6.92 Å². The lowest BCUT2D eigenvalue weighted by Gasteiger charge is -2.26. The molecule has 4 nitrogen and oxygen atoms in total. The molecule has 0 aliphatic heterocycles. The quantitative estimate of drug-likeness (QED) is 0.859. The summed E-state index contributed by atoms with van der Waals surface area (Å²) in [5, 5.41) is 9.05. The van der Waals surface area contributed by atoms with Gasteiger partial charge in [-0.05, 0) is 44.4 Å². The topological polar surface area (TPSA) is 53.4 Å². The Hall–Kier alpha value is -1.23. The number of carbonyl (C=O) groups is 1. The zero-order valence-electron chi connectivity index (χ0n) is 11.3. The van der Waals surface area contributed by atoms with Crippen molar-refractivity contribution in [2.24, 2.45) is 0 Å². The molecule has 1 heterocycles. The molecule has 1 N–H and O–H groups in total. The molecule has 0 amide bonds. The Balaban J connectivity index is 2.91. The predicted octanol–water partition coefficient (Wildman–Crippen LogP) is 2.67. The first-order valence-corrected chi connectivity index (χ1v) is 7.29. The summed E-state index contributed by atoms with van der Waals surface area (Å²) >= 11 is 1.81. The van der Waals surface area contributed by atoms with Gasteiger partial charge >= 0.3 is 5.97 Å². The summed E-state index contributed by atoms with van der Waals surface area (Å²) in [5.41, 5.74) is 1.02. The third-order valence-corrected chi connectivity index (χ3v) is 3.59. The van der Waals surface area contributed by atoms with Gasteiger partial charge in [0.15, 0.2) is 0 Å². The zero-order chi connectivity index (χ0) is 13.7. The molecule has 0 bridgehead atoms. The Labute approximate surface area is 112 Å². The molecule has 5 heteroatoms. The number of nitrogens with zero attached hydrogens (tertiary/aromatic N) is 2. The molecule has 100 valence electrons. The smallest absolute Gasteiger partial charge is 0.335 e. The standard InChI is InChI=1S/C13H20N2O2S/c1-9-7-11(13(16)17)8-12(14-9)15(3)10(2)5-6-18-4/h7-8,10H,5-6H2,1-4H3,(H,16,17). The monoisotopic (exact) mass is 268 g/mol. The van der Waals surface area contributed by atoms with Gasteiger partial charge in [-0.3, -0.25) is 0 Å². The zero-order valence-corrected chi connectivity index (χ0v) is 12.1. The van der Waals surface area contributed by atoms with Crippen LogP contribution >= 0.6 is 11.8 Å². The first-order valence-electron chi connectivity index (χ1n) is 5.89. The average Bonchev–Trinajstić information content (AvgIpc) is 2.34. The predicted molar refractivity (Wildman–Crippen MR) is 76.8 cm³/mol. The van der Waals surface area contributed by atoms with E-state index in [0.717, 1.165) is 23.7 Å². The molecule has 1 aromatic rings. The summed E-state index contributed by atoms with van der Waals surface area (Å²) in [6.07, 6.45) is 3.13. The van der Waals surface area contributed by atoms with Gasteiger partial charge in [0.05, 0.1) is 5.56 Å². The molecular weight excluding hydrogens is 248 g/mol. The van der Waals surface area contributed by atoms with E-state index in [9.17, 15) is 4.79 Å². The molecule has 0 aliphatic rings. The third-order valence-electron chi connectivity index (χ3n) is 2.95. The summed E-state index contributed by atoms with van der Waals surface area (Å²) in [6.45, 7) is 3.94. The van der Waals surface area contributed by atoms with E-state index in [2.05, 4.69) is 18.2 Å². The van der Waals surface area contributed by atoms with Crippen LogP contribution in [0.4, 0.5) is 5.82 Å². The highest BCUT2D eigenvalue weighted by Crippen LogP contribution is 2.18. The van der Waals surface area contributed by atoms with Crippen molar-refractivity contribution in [2.75, 3.05) is 24.0 Å². The van der Waals surface area contributed by atoms with Crippen LogP contribution in [0.1, 0.15) is 29.4 Å². The molecule has 0 fully saturated rings. The lowest BCUT2D eigenvalue weighted by Crippen LogP contribution is -2.30. The van der Waals surface area contributed by atoms with E-state index in [0.29, 0.717) is 11.6 Å². The fourth-order valence-electron chi connectivity index (χ4n) is 1.66. The van der Waals surface area contributed by atoms with Crippen molar-refractivity contribution < 1.29 is 9.90 Å². The molecule has 18 heavy (non-hydrogen) atoms. The number of aryl methyl sites for hydroxylation is 1. The first-order chi connectivity index (χ1) is 8.45. The minimum atomic E-state index is -0.910. The van der Waals surface area contributed by atoms with Gasteiger partial charge in [-0.25, -0.2) is 9.78 Å². The van der Waals surface area contributed by atoms with Crippen LogP contribution in [-0.2, 0) is 0 Å². The van der Waals surface area contributed by atoms with Crippen molar-refractivity contribution in [3.05, 3.63) is 23.4 Å². The molecule has 0 spiro atoms. The fraction of sp³-hybridized carbons (Fsp3) is 0.538. The molecule has 0 aromatic carbocycles. The van der Waals surface area contributed by atoms with Crippen molar-refractivity contribution in [3.8, 4) is 0 Å². The molecule has 1 unspecified atom stereocenters. The van der Waals surface area contributed by atoms with Gasteiger partial charge in [-0.2, -0.15) is 11.8 Å².